The van der Waals surface area contributed by atoms with Crippen molar-refractivity contribution in [3.05, 3.63) is 48.0 Å². The maximum absolute atomic E-state index is 5.78. The number of hydrogen-bond acceptors (Lipinski definition) is 3. The van der Waals surface area contributed by atoms with Crippen molar-refractivity contribution in [3.63, 3.8) is 0 Å². The first kappa shape index (κ1) is 12.6. The zero-order valence-electron chi connectivity index (χ0n) is 10.8. The topological polar surface area (TPSA) is 48.1 Å². The number of pyridine rings is 1. The van der Waals surface area contributed by atoms with Gasteiger partial charge >= 0.3 is 0 Å². The average Bonchev–Trinajstić information content (AvgIpc) is 2.39. The smallest absolute Gasteiger partial charge is 0.213 e. The molecule has 0 radical (unpaired) electrons. The van der Waals surface area contributed by atoms with Crippen molar-refractivity contribution in [1.29, 1.82) is 0 Å². The van der Waals surface area contributed by atoms with E-state index in [9.17, 15) is 0 Å². The molecular weight excluding hydrogens is 224 g/mol. The van der Waals surface area contributed by atoms with Crippen LogP contribution in [-0.4, -0.2) is 18.1 Å². The lowest BCUT2D eigenvalue weighted by Crippen LogP contribution is -2.17. The average molecular weight is 242 g/mol. The van der Waals surface area contributed by atoms with E-state index in [0.29, 0.717) is 5.88 Å². The normalized spacial score (nSPS) is 12.2. The van der Waals surface area contributed by atoms with E-state index in [4.69, 9.17) is 10.5 Å². The first-order chi connectivity index (χ1) is 8.69. The second-order valence-corrected chi connectivity index (χ2v) is 4.44. The SMILES string of the molecule is COc1cccc(-c2ccc(CC(C)N)cc2)n1. The molecule has 3 nitrogen and oxygen atoms in total. The van der Waals surface area contributed by atoms with Crippen LogP contribution in [0.1, 0.15) is 12.5 Å². The molecule has 2 N–H and O–H groups in total. The number of rotatable bonds is 4. The molecular formula is C15H18N2O. The zero-order valence-corrected chi connectivity index (χ0v) is 10.8. The Morgan fingerprint density at radius 2 is 1.89 bits per heavy atom. The predicted octanol–water partition coefficient (Wildman–Crippen LogP) is 2.65. The van der Waals surface area contributed by atoms with Crippen molar-refractivity contribution in [3.8, 4) is 17.1 Å². The third-order valence-electron chi connectivity index (χ3n) is 2.74. The van der Waals surface area contributed by atoms with Crippen LogP contribution in [0.4, 0.5) is 0 Å². The molecule has 1 aromatic heterocycles. The maximum atomic E-state index is 5.78. The van der Waals surface area contributed by atoms with Crippen molar-refractivity contribution < 1.29 is 4.74 Å². The fourth-order valence-corrected chi connectivity index (χ4v) is 1.87. The van der Waals surface area contributed by atoms with E-state index in [-0.39, 0.29) is 6.04 Å². The van der Waals surface area contributed by atoms with Gasteiger partial charge in [0.05, 0.1) is 12.8 Å². The zero-order chi connectivity index (χ0) is 13.0. The monoisotopic (exact) mass is 242 g/mol. The molecule has 0 aliphatic heterocycles. The second kappa shape index (κ2) is 5.65. The molecule has 18 heavy (non-hydrogen) atoms. The Hall–Kier alpha value is -1.87. The fourth-order valence-electron chi connectivity index (χ4n) is 1.87. The highest BCUT2D eigenvalue weighted by Crippen LogP contribution is 2.20. The Kier molecular flexibility index (Phi) is 3.95. The molecule has 1 unspecified atom stereocenters. The number of aromatic nitrogens is 1. The van der Waals surface area contributed by atoms with Gasteiger partial charge in [0.15, 0.2) is 0 Å². The first-order valence-electron chi connectivity index (χ1n) is 6.05. The summed E-state index contributed by atoms with van der Waals surface area (Å²) in [6, 6.07) is 14.3. The molecule has 0 amide bonds. The molecule has 1 heterocycles. The lowest BCUT2D eigenvalue weighted by Gasteiger charge is -2.07. The minimum atomic E-state index is 0.186. The van der Waals surface area contributed by atoms with Gasteiger partial charge in [-0.25, -0.2) is 4.98 Å². The third-order valence-corrected chi connectivity index (χ3v) is 2.74. The number of methoxy groups -OCH3 is 1. The van der Waals surface area contributed by atoms with Gasteiger partial charge in [-0.2, -0.15) is 0 Å². The molecule has 1 aromatic carbocycles. The highest BCUT2D eigenvalue weighted by atomic mass is 16.5. The van der Waals surface area contributed by atoms with Crippen LogP contribution in [0.5, 0.6) is 5.88 Å². The van der Waals surface area contributed by atoms with E-state index in [1.165, 1.54) is 5.56 Å². The fraction of sp³-hybridized carbons (Fsp3) is 0.267. The summed E-state index contributed by atoms with van der Waals surface area (Å²) in [4.78, 5) is 4.41. The van der Waals surface area contributed by atoms with Crippen LogP contribution in [0.3, 0.4) is 0 Å². The van der Waals surface area contributed by atoms with E-state index >= 15 is 0 Å². The van der Waals surface area contributed by atoms with Crippen molar-refractivity contribution >= 4 is 0 Å². The summed E-state index contributed by atoms with van der Waals surface area (Å²) in [5.41, 5.74) is 9.03. The molecule has 0 aliphatic carbocycles. The van der Waals surface area contributed by atoms with Gasteiger partial charge < -0.3 is 10.5 Å². The highest BCUT2D eigenvalue weighted by Gasteiger charge is 2.02. The molecule has 0 saturated heterocycles. The van der Waals surface area contributed by atoms with Crippen LogP contribution < -0.4 is 10.5 Å². The van der Waals surface area contributed by atoms with Gasteiger partial charge in [0.1, 0.15) is 0 Å². The molecule has 2 rings (SSSR count). The van der Waals surface area contributed by atoms with E-state index in [1.807, 2.05) is 25.1 Å². The molecule has 0 fully saturated rings. The van der Waals surface area contributed by atoms with Crippen LogP contribution >= 0.6 is 0 Å². The Labute approximate surface area is 108 Å². The van der Waals surface area contributed by atoms with Crippen molar-refractivity contribution in [2.45, 2.75) is 19.4 Å². The van der Waals surface area contributed by atoms with Crippen molar-refractivity contribution in [2.24, 2.45) is 5.73 Å². The van der Waals surface area contributed by atoms with E-state index in [0.717, 1.165) is 17.7 Å². The van der Waals surface area contributed by atoms with Gasteiger partial charge in [0.25, 0.3) is 0 Å². The van der Waals surface area contributed by atoms with Gasteiger partial charge in [0, 0.05) is 17.7 Å². The number of nitrogens with zero attached hydrogens (tertiary/aromatic N) is 1. The molecule has 0 spiro atoms. The molecule has 1 atom stereocenters. The highest BCUT2D eigenvalue weighted by molar-refractivity contribution is 5.59. The summed E-state index contributed by atoms with van der Waals surface area (Å²) < 4.78 is 5.13. The minimum absolute atomic E-state index is 0.186. The molecule has 94 valence electrons. The largest absolute Gasteiger partial charge is 0.481 e. The Balaban J connectivity index is 2.22. The lowest BCUT2D eigenvalue weighted by atomic mass is 10.0. The predicted molar refractivity (Wildman–Crippen MR) is 73.6 cm³/mol. The number of nitrogens with two attached hydrogens (primary N) is 1. The van der Waals surface area contributed by atoms with E-state index < -0.39 is 0 Å². The van der Waals surface area contributed by atoms with Crippen LogP contribution in [0.15, 0.2) is 42.5 Å². The summed E-state index contributed by atoms with van der Waals surface area (Å²) in [5.74, 6) is 0.632. The Morgan fingerprint density at radius 1 is 1.17 bits per heavy atom. The maximum Gasteiger partial charge on any atom is 0.213 e. The number of ether oxygens (including phenoxy) is 1. The molecule has 3 heteroatoms. The van der Waals surface area contributed by atoms with Gasteiger partial charge in [-0.05, 0) is 25.0 Å². The summed E-state index contributed by atoms with van der Waals surface area (Å²) in [6.45, 7) is 2.01. The van der Waals surface area contributed by atoms with Gasteiger partial charge in [-0.1, -0.05) is 30.3 Å². The quantitative estimate of drug-likeness (QED) is 0.896. The lowest BCUT2D eigenvalue weighted by molar-refractivity contribution is 0.398. The van der Waals surface area contributed by atoms with Gasteiger partial charge in [0.2, 0.25) is 5.88 Å². The second-order valence-electron chi connectivity index (χ2n) is 4.44. The number of hydrogen-bond donors (Lipinski definition) is 1. The van der Waals surface area contributed by atoms with Gasteiger partial charge in [-0.3, -0.25) is 0 Å². The van der Waals surface area contributed by atoms with Crippen LogP contribution in [0, 0.1) is 0 Å². The summed E-state index contributed by atoms with van der Waals surface area (Å²) >= 11 is 0. The molecule has 0 aliphatic rings. The first-order valence-corrected chi connectivity index (χ1v) is 6.05. The Bertz CT molecular complexity index is 506. The summed E-state index contributed by atoms with van der Waals surface area (Å²) in [6.07, 6.45) is 0.895. The van der Waals surface area contributed by atoms with Crippen molar-refractivity contribution in [1.82, 2.24) is 4.98 Å². The number of benzene rings is 1. The molecule has 0 bridgehead atoms. The molecule has 0 saturated carbocycles. The summed E-state index contributed by atoms with van der Waals surface area (Å²) in [7, 11) is 1.62. The van der Waals surface area contributed by atoms with E-state index in [1.54, 1.807) is 7.11 Å². The minimum Gasteiger partial charge on any atom is -0.481 e. The Morgan fingerprint density at radius 3 is 2.50 bits per heavy atom. The molecule has 2 aromatic rings. The van der Waals surface area contributed by atoms with Crippen LogP contribution in [0.2, 0.25) is 0 Å². The van der Waals surface area contributed by atoms with Crippen molar-refractivity contribution in [2.75, 3.05) is 7.11 Å². The van der Waals surface area contributed by atoms with Crippen LogP contribution in [-0.2, 0) is 6.42 Å². The standard InChI is InChI=1S/C15H18N2O/c1-11(16)10-12-6-8-13(9-7-12)14-4-3-5-15(17-14)18-2/h3-9,11H,10,16H2,1-2H3. The van der Waals surface area contributed by atoms with Gasteiger partial charge in [-0.15, -0.1) is 0 Å². The van der Waals surface area contributed by atoms with Crippen LogP contribution in [0.25, 0.3) is 11.3 Å². The third kappa shape index (κ3) is 3.08. The van der Waals surface area contributed by atoms with E-state index in [2.05, 4.69) is 29.2 Å². The summed E-state index contributed by atoms with van der Waals surface area (Å²) in [5, 5.41) is 0.